The summed E-state index contributed by atoms with van der Waals surface area (Å²) in [5, 5.41) is 0.555. The van der Waals surface area contributed by atoms with Gasteiger partial charge in [-0.1, -0.05) is 62.0 Å². The quantitative estimate of drug-likeness (QED) is 0.279. The van der Waals surface area contributed by atoms with E-state index in [0.29, 0.717) is 38.2 Å². The maximum Gasteiger partial charge on any atom is 0.00765 e. The van der Waals surface area contributed by atoms with Crippen LogP contribution in [-0.4, -0.2) is 5.25 Å². The fourth-order valence-corrected chi connectivity index (χ4v) is 12.9. The number of allylic oxidation sites excluding steroid dienone is 1. The number of hydrogen-bond donors (Lipinski definition) is 1. The van der Waals surface area contributed by atoms with Crippen molar-refractivity contribution in [3.63, 3.8) is 0 Å². The van der Waals surface area contributed by atoms with E-state index in [9.17, 15) is 0 Å². The van der Waals surface area contributed by atoms with E-state index in [1.807, 2.05) is 0 Å². The smallest absolute Gasteiger partial charge is 0.00765 e. The number of rotatable bonds is 1. The Bertz CT molecular complexity index is 881. The van der Waals surface area contributed by atoms with Crippen LogP contribution >= 0.6 is 12.6 Å². The second kappa shape index (κ2) is 7.69. The molecule has 11 atom stereocenters. The maximum absolute atomic E-state index is 5.39. The molecule has 5 rings (SSSR count). The van der Waals surface area contributed by atoms with Gasteiger partial charge in [-0.05, 0) is 127 Å². The predicted molar refractivity (Wildman–Crippen MR) is 150 cm³/mol. The molecule has 5 aliphatic carbocycles. The van der Waals surface area contributed by atoms with Gasteiger partial charge in [0.15, 0.2) is 0 Å². The second-order valence-corrected chi connectivity index (χ2v) is 16.3. The van der Waals surface area contributed by atoms with Gasteiger partial charge < -0.3 is 0 Å². The maximum atomic E-state index is 5.39. The van der Waals surface area contributed by atoms with E-state index >= 15 is 0 Å². The lowest BCUT2D eigenvalue weighted by Crippen LogP contribution is -2.70. The Morgan fingerprint density at radius 3 is 2.06 bits per heavy atom. The molecule has 5 saturated carbocycles. The summed E-state index contributed by atoms with van der Waals surface area (Å²) in [4.78, 5) is 0. The average molecular weight is 483 g/mol. The fraction of sp³-hybridized carbons (Fsp3) is 0.909. The molecule has 0 saturated heterocycles. The van der Waals surface area contributed by atoms with Crippen LogP contribution in [0.2, 0.25) is 0 Å². The van der Waals surface area contributed by atoms with Gasteiger partial charge in [0.2, 0.25) is 0 Å². The topological polar surface area (TPSA) is 0 Å². The average Bonchev–Trinajstić information content (AvgIpc) is 2.77. The van der Waals surface area contributed by atoms with Gasteiger partial charge in [0.1, 0.15) is 0 Å². The molecule has 0 N–H and O–H groups in total. The molecule has 0 aliphatic heterocycles. The summed E-state index contributed by atoms with van der Waals surface area (Å²) in [7, 11) is 0. The summed E-state index contributed by atoms with van der Waals surface area (Å²) >= 11 is 5.39. The van der Waals surface area contributed by atoms with Crippen LogP contribution in [-0.2, 0) is 0 Å². The lowest BCUT2D eigenvalue weighted by atomic mass is 9.28. The van der Waals surface area contributed by atoms with Crippen LogP contribution in [0.3, 0.4) is 0 Å². The van der Waals surface area contributed by atoms with Crippen LogP contribution in [0.1, 0.15) is 120 Å². The zero-order valence-corrected chi connectivity index (χ0v) is 24.7. The lowest BCUT2D eigenvalue weighted by Gasteiger charge is -2.76. The summed E-state index contributed by atoms with van der Waals surface area (Å²) in [5.74, 6) is 3.87. The number of thiol groups is 1. The predicted octanol–water partition coefficient (Wildman–Crippen LogP) is 9.75. The number of hydrogen-bond acceptors (Lipinski definition) is 1. The van der Waals surface area contributed by atoms with E-state index in [1.54, 1.807) is 0 Å². The van der Waals surface area contributed by atoms with Crippen LogP contribution < -0.4 is 0 Å². The van der Waals surface area contributed by atoms with Gasteiger partial charge in [-0.25, -0.2) is 0 Å². The van der Waals surface area contributed by atoms with Gasteiger partial charge >= 0.3 is 0 Å². The third-order valence-electron chi connectivity index (χ3n) is 14.7. The molecule has 34 heavy (non-hydrogen) atoms. The Morgan fingerprint density at radius 2 is 1.38 bits per heavy atom. The van der Waals surface area contributed by atoms with Crippen molar-refractivity contribution < 1.29 is 0 Å². The molecule has 5 fully saturated rings. The van der Waals surface area contributed by atoms with E-state index in [4.69, 9.17) is 12.6 Å². The molecule has 0 heterocycles. The zero-order valence-electron chi connectivity index (χ0n) is 23.8. The molecule has 0 nitrogen and oxygen atoms in total. The summed E-state index contributed by atoms with van der Waals surface area (Å²) in [6.45, 7) is 25.3. The van der Waals surface area contributed by atoms with Crippen molar-refractivity contribution in [2.24, 2.45) is 62.1 Å². The fourth-order valence-electron chi connectivity index (χ4n) is 12.4. The molecular formula is C33H54S. The molecule has 0 aromatic carbocycles. The molecule has 5 aliphatic rings. The summed E-state index contributed by atoms with van der Waals surface area (Å²) in [5.41, 5.74) is 5.67. The second-order valence-electron chi connectivity index (χ2n) is 15.7. The highest BCUT2D eigenvalue weighted by molar-refractivity contribution is 7.81. The van der Waals surface area contributed by atoms with Crippen molar-refractivity contribution in [2.45, 2.75) is 125 Å². The van der Waals surface area contributed by atoms with Gasteiger partial charge in [-0.3, -0.25) is 0 Å². The van der Waals surface area contributed by atoms with Crippen molar-refractivity contribution in [1.29, 1.82) is 0 Å². The van der Waals surface area contributed by atoms with Crippen molar-refractivity contribution in [3.05, 3.63) is 18.4 Å². The molecule has 0 bridgehead atoms. The van der Waals surface area contributed by atoms with E-state index in [0.717, 1.165) is 23.7 Å². The SMILES string of the molecule is C=C=C[C@]12[C@H]3CC[C@@H]4[C@@]5(C)C(S)CCC(C)(C)[C@@H]5CC[C@@]4(C)[C@]3(C)CC[C@@]1(C)CC[C@@H](C)[C@@H]2C. The standard InChI is InChI=1S/C33H54S/c1-10-16-33-23(3)22(2)13-18-29(33,6)20-21-31(8)26(33)12-11-25-30(31,7)19-14-24-28(4,5)17-15-27(34)32(24,25)9/h16,22-27,34H,1,11-15,17-21H2,2-9H3/t22-,23+,24+,25+,26+,27?,29-,30-,31-,32+,33+/m1/s1. The van der Waals surface area contributed by atoms with Crippen molar-refractivity contribution in [2.75, 3.05) is 0 Å². The molecule has 0 spiro atoms. The molecule has 192 valence electrons. The van der Waals surface area contributed by atoms with Gasteiger partial charge in [0.05, 0.1) is 0 Å². The summed E-state index contributed by atoms with van der Waals surface area (Å²) < 4.78 is 0. The van der Waals surface area contributed by atoms with E-state index in [-0.39, 0.29) is 5.41 Å². The third-order valence-corrected chi connectivity index (χ3v) is 15.5. The van der Waals surface area contributed by atoms with Gasteiger partial charge in [0.25, 0.3) is 0 Å². The molecule has 0 radical (unpaired) electrons. The Kier molecular flexibility index (Phi) is 5.77. The Labute approximate surface area is 217 Å². The Balaban J connectivity index is 1.64. The van der Waals surface area contributed by atoms with Crippen LogP contribution in [0.15, 0.2) is 18.4 Å². The van der Waals surface area contributed by atoms with Gasteiger partial charge in [0, 0.05) is 10.7 Å². The van der Waals surface area contributed by atoms with Crippen LogP contribution in [0.5, 0.6) is 0 Å². The molecule has 1 unspecified atom stereocenters. The van der Waals surface area contributed by atoms with Crippen LogP contribution in [0, 0.1) is 62.1 Å². The number of fused-ring (bicyclic) bond motifs is 7. The first-order valence-corrected chi connectivity index (χ1v) is 15.3. The van der Waals surface area contributed by atoms with E-state index in [2.05, 4.69) is 73.8 Å². The summed E-state index contributed by atoms with van der Waals surface area (Å²) in [6.07, 6.45) is 16.4. The minimum absolute atomic E-state index is 0.247. The highest BCUT2D eigenvalue weighted by Crippen LogP contribution is 2.80. The van der Waals surface area contributed by atoms with Crippen LogP contribution in [0.4, 0.5) is 0 Å². The molecule has 0 aromatic rings. The molecule has 0 aromatic heterocycles. The first kappa shape index (κ1) is 25.5. The Hall–Kier alpha value is -0.130. The molecule has 1 heteroatoms. The van der Waals surface area contributed by atoms with Crippen molar-refractivity contribution in [3.8, 4) is 0 Å². The highest BCUT2D eigenvalue weighted by Gasteiger charge is 2.73. The minimum Gasteiger partial charge on any atom is -0.175 e. The van der Waals surface area contributed by atoms with Crippen LogP contribution in [0.25, 0.3) is 0 Å². The first-order chi connectivity index (χ1) is 15.7. The first-order valence-electron chi connectivity index (χ1n) is 14.8. The van der Waals surface area contributed by atoms with Gasteiger partial charge in [-0.2, -0.15) is 12.6 Å². The zero-order chi connectivity index (χ0) is 24.9. The van der Waals surface area contributed by atoms with Crippen molar-refractivity contribution >= 4 is 12.6 Å². The molecular weight excluding hydrogens is 428 g/mol. The third kappa shape index (κ3) is 2.81. The van der Waals surface area contributed by atoms with Gasteiger partial charge in [-0.15, -0.1) is 5.73 Å². The Morgan fingerprint density at radius 1 is 0.735 bits per heavy atom. The monoisotopic (exact) mass is 482 g/mol. The highest BCUT2D eigenvalue weighted by atomic mass is 32.1. The molecule has 0 amide bonds. The summed E-state index contributed by atoms with van der Waals surface area (Å²) in [6, 6.07) is 0. The minimum atomic E-state index is 0.247. The normalized spacial score (nSPS) is 58.4. The van der Waals surface area contributed by atoms with Crippen molar-refractivity contribution in [1.82, 2.24) is 0 Å². The van der Waals surface area contributed by atoms with E-state index in [1.165, 1.54) is 64.2 Å². The largest absolute Gasteiger partial charge is 0.175 e. The lowest BCUT2D eigenvalue weighted by molar-refractivity contribution is -0.265. The van der Waals surface area contributed by atoms with E-state index < -0.39 is 0 Å².